The van der Waals surface area contributed by atoms with Crippen LogP contribution in [-0.4, -0.2) is 44.1 Å². The zero-order valence-electron chi connectivity index (χ0n) is 17.2. The quantitative estimate of drug-likeness (QED) is 0.594. The third-order valence-electron chi connectivity index (χ3n) is 5.54. The maximum atomic E-state index is 13.4. The molecule has 0 atom stereocenters. The first kappa shape index (κ1) is 20.9. The van der Waals surface area contributed by atoms with Crippen molar-refractivity contribution in [3.05, 3.63) is 64.5 Å². The van der Waals surface area contributed by atoms with Crippen LogP contribution in [0, 0.1) is 20.8 Å². The van der Waals surface area contributed by atoms with Gasteiger partial charge in [-0.1, -0.05) is 35.0 Å². The van der Waals surface area contributed by atoms with Crippen LogP contribution in [0.4, 0.5) is 5.69 Å². The molecule has 2 heterocycles. The lowest BCUT2D eigenvalue weighted by atomic mass is 10.0. The van der Waals surface area contributed by atoms with Crippen LogP contribution in [0.5, 0.6) is 0 Å². The fourth-order valence-corrected chi connectivity index (χ4v) is 5.78. The Morgan fingerprint density at radius 2 is 1.73 bits per heavy atom. The molecule has 0 aliphatic carbocycles. The summed E-state index contributed by atoms with van der Waals surface area (Å²) < 4.78 is 33.7. The minimum Gasteiger partial charge on any atom is -0.369 e. The van der Waals surface area contributed by atoms with Crippen LogP contribution in [0.2, 0.25) is 5.02 Å². The molecule has 6 nitrogen and oxygen atoms in total. The molecule has 1 fully saturated rings. The first-order chi connectivity index (χ1) is 14.3. The average Bonchev–Trinajstić information content (AvgIpc) is 3.06. The van der Waals surface area contributed by atoms with E-state index in [0.717, 1.165) is 28.1 Å². The lowest BCUT2D eigenvalue weighted by Crippen LogP contribution is -2.48. The molecule has 1 aliphatic rings. The van der Waals surface area contributed by atoms with E-state index >= 15 is 0 Å². The van der Waals surface area contributed by atoms with Gasteiger partial charge >= 0.3 is 0 Å². The third-order valence-corrected chi connectivity index (χ3v) is 7.82. The molecule has 0 saturated carbocycles. The van der Waals surface area contributed by atoms with E-state index in [9.17, 15) is 8.42 Å². The number of sulfonamides is 1. The molecule has 1 aliphatic heterocycles. The molecule has 0 bridgehead atoms. The molecule has 0 N–H and O–H groups in total. The number of piperazine rings is 1. The Hall–Kier alpha value is -2.35. The molecule has 0 radical (unpaired) electrons. The fourth-order valence-electron chi connectivity index (χ4n) is 3.93. The Balaban J connectivity index is 1.59. The third kappa shape index (κ3) is 3.85. The Labute approximate surface area is 182 Å². The molecular weight excluding hydrogens is 422 g/mol. The van der Waals surface area contributed by atoms with Crippen LogP contribution in [0.25, 0.3) is 11.1 Å². The molecule has 2 aromatic carbocycles. The molecule has 1 saturated heterocycles. The summed E-state index contributed by atoms with van der Waals surface area (Å²) in [5.74, 6) is 0.676. The largest absolute Gasteiger partial charge is 0.369 e. The molecule has 8 heteroatoms. The average molecular weight is 446 g/mol. The summed E-state index contributed by atoms with van der Waals surface area (Å²) in [5.41, 5.74) is 4.12. The van der Waals surface area contributed by atoms with E-state index in [2.05, 4.69) is 10.1 Å². The van der Waals surface area contributed by atoms with Crippen molar-refractivity contribution in [2.75, 3.05) is 31.1 Å². The Morgan fingerprint density at radius 1 is 1.00 bits per heavy atom. The predicted molar refractivity (Wildman–Crippen MR) is 119 cm³/mol. The summed E-state index contributed by atoms with van der Waals surface area (Å²) in [7, 11) is -3.62. The highest BCUT2D eigenvalue weighted by Gasteiger charge is 2.30. The second-order valence-corrected chi connectivity index (χ2v) is 9.89. The van der Waals surface area contributed by atoms with Crippen molar-refractivity contribution in [2.24, 2.45) is 0 Å². The lowest BCUT2D eigenvalue weighted by Gasteiger charge is -2.35. The summed E-state index contributed by atoms with van der Waals surface area (Å²) in [6.45, 7) is 7.58. The van der Waals surface area contributed by atoms with Crippen molar-refractivity contribution in [3.8, 4) is 11.1 Å². The molecule has 30 heavy (non-hydrogen) atoms. The monoisotopic (exact) mass is 445 g/mol. The number of aromatic nitrogens is 1. The predicted octanol–water partition coefficient (Wildman–Crippen LogP) is 4.43. The van der Waals surface area contributed by atoms with Crippen molar-refractivity contribution in [1.82, 2.24) is 9.46 Å². The van der Waals surface area contributed by atoms with Crippen LogP contribution >= 0.6 is 11.6 Å². The van der Waals surface area contributed by atoms with E-state index in [1.54, 1.807) is 10.4 Å². The number of benzene rings is 2. The number of hydrogen-bond acceptors (Lipinski definition) is 5. The highest BCUT2D eigenvalue weighted by atomic mass is 35.5. The van der Waals surface area contributed by atoms with Gasteiger partial charge in [0.05, 0.1) is 10.6 Å². The first-order valence-corrected chi connectivity index (χ1v) is 11.6. The maximum Gasteiger partial charge on any atom is 0.243 e. The smallest absolute Gasteiger partial charge is 0.243 e. The van der Waals surface area contributed by atoms with Crippen molar-refractivity contribution < 1.29 is 12.9 Å². The number of aryl methyl sites for hydroxylation is 3. The minimum atomic E-state index is -3.62. The number of nitrogens with zero attached hydrogens (tertiary/aromatic N) is 3. The normalized spacial score (nSPS) is 15.5. The van der Waals surface area contributed by atoms with E-state index < -0.39 is 10.0 Å². The zero-order chi connectivity index (χ0) is 21.5. The van der Waals surface area contributed by atoms with Crippen molar-refractivity contribution >= 4 is 27.3 Å². The maximum absolute atomic E-state index is 13.4. The van der Waals surface area contributed by atoms with Gasteiger partial charge in [0.15, 0.2) is 0 Å². The van der Waals surface area contributed by atoms with Gasteiger partial charge in [-0.05, 0) is 56.2 Å². The van der Waals surface area contributed by atoms with Gasteiger partial charge in [0.2, 0.25) is 10.0 Å². The summed E-state index contributed by atoms with van der Waals surface area (Å²) in [4.78, 5) is 2.49. The van der Waals surface area contributed by atoms with Crippen LogP contribution in [-0.2, 0) is 10.0 Å². The summed E-state index contributed by atoms with van der Waals surface area (Å²) >= 11 is 6.10. The van der Waals surface area contributed by atoms with Crippen molar-refractivity contribution in [2.45, 2.75) is 25.7 Å². The zero-order valence-corrected chi connectivity index (χ0v) is 18.8. The van der Waals surface area contributed by atoms with Crippen LogP contribution < -0.4 is 4.90 Å². The topological polar surface area (TPSA) is 66.7 Å². The molecule has 3 aromatic rings. The van der Waals surface area contributed by atoms with Crippen LogP contribution in [0.15, 0.2) is 51.9 Å². The van der Waals surface area contributed by atoms with E-state index in [-0.39, 0.29) is 0 Å². The Bertz CT molecular complexity index is 1160. The summed E-state index contributed by atoms with van der Waals surface area (Å²) in [6, 6.07) is 13.1. The highest BCUT2D eigenvalue weighted by Crippen LogP contribution is 2.32. The molecule has 0 unspecified atom stereocenters. The number of hydrogen-bond donors (Lipinski definition) is 0. The van der Waals surface area contributed by atoms with E-state index in [4.69, 9.17) is 16.1 Å². The summed E-state index contributed by atoms with van der Waals surface area (Å²) in [5, 5.41) is 4.67. The van der Waals surface area contributed by atoms with Crippen molar-refractivity contribution in [1.29, 1.82) is 0 Å². The Morgan fingerprint density at radius 3 is 2.37 bits per heavy atom. The molecule has 0 amide bonds. The van der Waals surface area contributed by atoms with Crippen LogP contribution in [0.3, 0.4) is 0 Å². The lowest BCUT2D eigenvalue weighted by molar-refractivity contribution is 0.384. The minimum absolute atomic E-state index is 0.330. The van der Waals surface area contributed by atoms with Gasteiger partial charge in [-0.2, -0.15) is 4.31 Å². The summed E-state index contributed by atoms with van der Waals surface area (Å²) in [6.07, 6.45) is 0. The highest BCUT2D eigenvalue weighted by molar-refractivity contribution is 7.89. The fraction of sp³-hybridized carbons (Fsp3) is 0.318. The van der Waals surface area contributed by atoms with E-state index in [0.29, 0.717) is 41.9 Å². The number of rotatable bonds is 4. The second-order valence-electron chi connectivity index (χ2n) is 7.55. The van der Waals surface area contributed by atoms with Gasteiger partial charge in [0, 0.05) is 42.5 Å². The number of halogens is 1. The van der Waals surface area contributed by atoms with Gasteiger partial charge in [0.1, 0.15) is 5.76 Å². The SMILES string of the molecule is Cc1ccc(-c2c(C)noc2C)cc1S(=O)(=O)N1CCN(c2cccc(Cl)c2)CC1. The van der Waals surface area contributed by atoms with E-state index in [1.807, 2.05) is 57.2 Å². The second kappa shape index (κ2) is 8.06. The molecule has 1 aromatic heterocycles. The van der Waals surface area contributed by atoms with Gasteiger partial charge in [-0.3, -0.25) is 0 Å². The number of anilines is 1. The molecule has 0 spiro atoms. The van der Waals surface area contributed by atoms with Gasteiger partial charge in [-0.15, -0.1) is 0 Å². The Kier molecular flexibility index (Phi) is 5.61. The van der Waals surface area contributed by atoms with E-state index in [1.165, 1.54) is 0 Å². The molecule has 158 valence electrons. The first-order valence-electron chi connectivity index (χ1n) is 9.82. The van der Waals surface area contributed by atoms with Crippen LogP contribution in [0.1, 0.15) is 17.0 Å². The molecular formula is C22H24ClN3O3S. The molecule has 4 rings (SSSR count). The van der Waals surface area contributed by atoms with Gasteiger partial charge in [-0.25, -0.2) is 8.42 Å². The standard InChI is InChI=1S/C22H24ClN3O3S/c1-15-7-8-18(22-16(2)24-29-17(22)3)13-21(15)30(27,28)26-11-9-25(10-12-26)20-6-4-5-19(23)14-20/h4-8,13-14H,9-12H2,1-3H3. The van der Waals surface area contributed by atoms with Crippen molar-refractivity contribution in [3.63, 3.8) is 0 Å². The van der Waals surface area contributed by atoms with Gasteiger partial charge < -0.3 is 9.42 Å². The van der Waals surface area contributed by atoms with Gasteiger partial charge in [0.25, 0.3) is 0 Å².